The first-order chi connectivity index (χ1) is 7.13. The van der Waals surface area contributed by atoms with E-state index >= 15 is 0 Å². The van der Waals surface area contributed by atoms with Gasteiger partial charge < -0.3 is 4.74 Å². The molecule has 1 aromatic rings. The van der Waals surface area contributed by atoms with Crippen molar-refractivity contribution in [2.45, 2.75) is 11.8 Å². The van der Waals surface area contributed by atoms with Gasteiger partial charge in [0, 0.05) is 16.4 Å². The molecule has 0 aliphatic carbocycles. The van der Waals surface area contributed by atoms with Crippen LogP contribution in [-0.2, 0) is 20.3 Å². The predicted octanol–water partition coefficient (Wildman–Crippen LogP) is 1.79. The summed E-state index contributed by atoms with van der Waals surface area (Å²) in [6, 6.07) is 7.29. The van der Waals surface area contributed by atoms with Gasteiger partial charge in [0.05, 0.1) is 17.9 Å². The molecule has 15 heavy (non-hydrogen) atoms. The van der Waals surface area contributed by atoms with E-state index in [2.05, 4.69) is 4.74 Å². The van der Waals surface area contributed by atoms with Crippen LogP contribution in [-0.4, -0.2) is 17.3 Å². The number of esters is 1. The van der Waals surface area contributed by atoms with Gasteiger partial charge >= 0.3 is 5.97 Å². The Labute approximate surface area is 91.2 Å². The maximum atomic E-state index is 11.6. The van der Waals surface area contributed by atoms with Gasteiger partial charge in [0.2, 0.25) is 0 Å². The first-order valence-electron chi connectivity index (χ1n) is 4.37. The van der Waals surface area contributed by atoms with Crippen LogP contribution in [0, 0.1) is 6.92 Å². The highest BCUT2D eigenvalue weighted by Gasteiger charge is 2.00. The summed E-state index contributed by atoms with van der Waals surface area (Å²) in [5.41, 5.74) is 1.10. The van der Waals surface area contributed by atoms with Gasteiger partial charge in [-0.25, -0.2) is 9.00 Å². The molecule has 3 nitrogen and oxygen atoms in total. The minimum absolute atomic E-state index is 0.504. The average molecular weight is 224 g/mol. The van der Waals surface area contributed by atoms with Crippen molar-refractivity contribution in [2.24, 2.45) is 0 Å². The fraction of sp³-hybridized carbons (Fsp3) is 0.182. The van der Waals surface area contributed by atoms with Crippen LogP contribution in [0.25, 0.3) is 0 Å². The highest BCUT2D eigenvalue weighted by Crippen LogP contribution is 2.09. The quantitative estimate of drug-likeness (QED) is 0.580. The molecule has 1 atom stereocenters. The lowest BCUT2D eigenvalue weighted by Gasteiger charge is -1.97. The molecule has 0 fully saturated rings. The summed E-state index contributed by atoms with van der Waals surface area (Å²) in [7, 11) is -0.0160. The lowest BCUT2D eigenvalue weighted by Crippen LogP contribution is -1.95. The van der Waals surface area contributed by atoms with Gasteiger partial charge in [0.25, 0.3) is 0 Å². The number of benzene rings is 1. The topological polar surface area (TPSA) is 43.4 Å². The van der Waals surface area contributed by atoms with E-state index in [9.17, 15) is 9.00 Å². The van der Waals surface area contributed by atoms with Crippen molar-refractivity contribution in [1.82, 2.24) is 0 Å². The van der Waals surface area contributed by atoms with E-state index in [1.807, 2.05) is 19.1 Å². The summed E-state index contributed by atoms with van der Waals surface area (Å²) in [6.45, 7) is 1.96. The van der Waals surface area contributed by atoms with Gasteiger partial charge in [-0.2, -0.15) is 0 Å². The fourth-order valence-corrected chi connectivity index (χ4v) is 1.73. The number of methoxy groups -OCH3 is 1. The molecular weight excluding hydrogens is 212 g/mol. The Hall–Kier alpha value is -1.42. The minimum atomic E-state index is -1.30. The van der Waals surface area contributed by atoms with Crippen molar-refractivity contribution in [3.8, 4) is 0 Å². The molecular formula is C11H12O3S. The van der Waals surface area contributed by atoms with Crippen molar-refractivity contribution in [3.63, 3.8) is 0 Å². The Kier molecular flexibility index (Phi) is 4.24. The Morgan fingerprint density at radius 2 is 1.93 bits per heavy atom. The Bertz CT molecular complexity index is 393. The van der Waals surface area contributed by atoms with E-state index in [0.717, 1.165) is 11.6 Å². The minimum Gasteiger partial charge on any atom is -0.466 e. The first-order valence-corrected chi connectivity index (χ1v) is 5.58. The maximum absolute atomic E-state index is 11.6. The molecule has 0 aromatic heterocycles. The van der Waals surface area contributed by atoms with Crippen LogP contribution >= 0.6 is 0 Å². The molecule has 0 amide bonds. The van der Waals surface area contributed by atoms with Crippen LogP contribution in [0.4, 0.5) is 0 Å². The molecule has 0 saturated heterocycles. The van der Waals surface area contributed by atoms with Crippen molar-refractivity contribution in [3.05, 3.63) is 41.3 Å². The summed E-state index contributed by atoms with van der Waals surface area (Å²) in [6.07, 6.45) is 1.16. The highest BCUT2D eigenvalue weighted by molar-refractivity contribution is 7.88. The molecule has 0 aliphatic heterocycles. The Balaban J connectivity index is 2.73. The third-order valence-electron chi connectivity index (χ3n) is 1.78. The molecule has 0 heterocycles. The molecule has 4 heteroatoms. The van der Waals surface area contributed by atoms with E-state index in [4.69, 9.17) is 0 Å². The molecule has 0 spiro atoms. The standard InChI is InChI=1S/C11H12O3S/c1-9-3-5-10(6-4-9)15(13)8-7-11(12)14-2/h3-8H,1-2H3/b8-7-/t15-/m0/s1. The van der Waals surface area contributed by atoms with Crippen molar-refractivity contribution in [2.75, 3.05) is 7.11 Å². The number of ether oxygens (including phenoxy) is 1. The second kappa shape index (κ2) is 5.46. The van der Waals surface area contributed by atoms with E-state index < -0.39 is 16.8 Å². The predicted molar refractivity (Wildman–Crippen MR) is 58.7 cm³/mol. The monoisotopic (exact) mass is 224 g/mol. The summed E-state index contributed by atoms with van der Waals surface area (Å²) in [4.78, 5) is 11.4. The largest absolute Gasteiger partial charge is 0.466 e. The molecule has 0 aliphatic rings. The Morgan fingerprint density at radius 1 is 1.33 bits per heavy atom. The number of carbonyl (C=O) groups is 1. The van der Waals surface area contributed by atoms with Crippen molar-refractivity contribution < 1.29 is 13.7 Å². The van der Waals surface area contributed by atoms with E-state index in [1.54, 1.807) is 12.1 Å². The van der Waals surface area contributed by atoms with Crippen LogP contribution in [0.1, 0.15) is 5.56 Å². The molecule has 1 rings (SSSR count). The molecule has 0 unspecified atom stereocenters. The van der Waals surface area contributed by atoms with Crippen LogP contribution < -0.4 is 0 Å². The molecule has 0 N–H and O–H groups in total. The SMILES string of the molecule is COC(=O)/C=C\[S@](=O)c1ccc(C)cc1. The van der Waals surface area contributed by atoms with Gasteiger partial charge in [-0.3, -0.25) is 0 Å². The van der Waals surface area contributed by atoms with Gasteiger partial charge in [-0.05, 0) is 19.1 Å². The highest BCUT2D eigenvalue weighted by atomic mass is 32.2. The number of rotatable bonds is 3. The van der Waals surface area contributed by atoms with Gasteiger partial charge in [-0.1, -0.05) is 17.7 Å². The zero-order valence-electron chi connectivity index (χ0n) is 8.60. The first kappa shape index (κ1) is 11.7. The van der Waals surface area contributed by atoms with Crippen LogP contribution in [0.5, 0.6) is 0 Å². The lowest BCUT2D eigenvalue weighted by molar-refractivity contribution is -0.134. The molecule has 1 aromatic carbocycles. The van der Waals surface area contributed by atoms with Crippen LogP contribution in [0.15, 0.2) is 40.6 Å². The summed E-state index contributed by atoms with van der Waals surface area (Å²) >= 11 is 0. The van der Waals surface area contributed by atoms with Crippen molar-refractivity contribution in [1.29, 1.82) is 0 Å². The smallest absolute Gasteiger partial charge is 0.331 e. The number of hydrogen-bond donors (Lipinski definition) is 0. The second-order valence-corrected chi connectivity index (χ2v) is 4.27. The van der Waals surface area contributed by atoms with Gasteiger partial charge in [0.1, 0.15) is 0 Å². The lowest BCUT2D eigenvalue weighted by atomic mass is 10.2. The molecule has 0 radical (unpaired) electrons. The van der Waals surface area contributed by atoms with Crippen LogP contribution in [0.3, 0.4) is 0 Å². The summed E-state index contributed by atoms with van der Waals surface area (Å²) in [5.74, 6) is -0.504. The summed E-state index contributed by atoms with van der Waals surface area (Å²) < 4.78 is 16.0. The molecule has 80 valence electrons. The summed E-state index contributed by atoms with van der Waals surface area (Å²) in [5, 5.41) is 1.32. The Morgan fingerprint density at radius 3 is 2.47 bits per heavy atom. The van der Waals surface area contributed by atoms with Gasteiger partial charge in [-0.15, -0.1) is 0 Å². The van der Waals surface area contributed by atoms with E-state index in [-0.39, 0.29) is 0 Å². The third kappa shape index (κ3) is 3.67. The molecule has 0 saturated carbocycles. The van der Waals surface area contributed by atoms with Gasteiger partial charge in [0.15, 0.2) is 0 Å². The fourth-order valence-electron chi connectivity index (χ4n) is 0.936. The zero-order chi connectivity index (χ0) is 11.3. The van der Waals surface area contributed by atoms with E-state index in [0.29, 0.717) is 4.90 Å². The number of aryl methyl sites for hydroxylation is 1. The number of carbonyl (C=O) groups excluding carboxylic acids is 1. The van der Waals surface area contributed by atoms with Crippen LogP contribution in [0.2, 0.25) is 0 Å². The van der Waals surface area contributed by atoms with E-state index in [1.165, 1.54) is 12.5 Å². The normalized spacial score (nSPS) is 12.7. The molecule has 0 bridgehead atoms. The average Bonchev–Trinajstić information content (AvgIpc) is 2.26. The maximum Gasteiger partial charge on any atom is 0.331 e. The van der Waals surface area contributed by atoms with Crippen molar-refractivity contribution >= 4 is 16.8 Å². The third-order valence-corrected chi connectivity index (χ3v) is 2.90. The number of hydrogen-bond acceptors (Lipinski definition) is 3. The second-order valence-electron chi connectivity index (χ2n) is 2.94. The zero-order valence-corrected chi connectivity index (χ0v) is 9.41.